The molecule has 0 aliphatic rings. The van der Waals surface area contributed by atoms with Gasteiger partial charge in [-0.1, -0.05) is 158 Å². The maximum atomic E-state index is 2.44. The number of benzene rings is 9. The standard InChI is InChI=1S/C48H28S2/c1-2-12-30(13-3-1)44-35-17-6-8-19-37(35)45(38-20-9-7-18-36(38)44)31-24-22-29(23-25-31)41-28-43-46(34-16-5-4-14-32(34)41)40-27-26-39-33-15-10-11-21-42(33)49-47(39)48(40)50-43/h1-28H. The summed E-state index contributed by atoms with van der Waals surface area (Å²) in [4.78, 5) is 0. The van der Waals surface area contributed by atoms with Crippen molar-refractivity contribution in [2.45, 2.75) is 0 Å². The zero-order chi connectivity index (χ0) is 32.8. The van der Waals surface area contributed by atoms with Crippen molar-refractivity contribution in [1.29, 1.82) is 0 Å². The Morgan fingerprint density at radius 2 is 0.740 bits per heavy atom. The van der Waals surface area contributed by atoms with Crippen molar-refractivity contribution in [3.8, 4) is 33.4 Å². The molecule has 0 saturated carbocycles. The molecule has 0 nitrogen and oxygen atoms in total. The summed E-state index contributed by atoms with van der Waals surface area (Å²) in [6.45, 7) is 0. The monoisotopic (exact) mass is 668 g/mol. The van der Waals surface area contributed by atoms with Crippen molar-refractivity contribution in [2.24, 2.45) is 0 Å². The van der Waals surface area contributed by atoms with E-state index in [9.17, 15) is 0 Å². The third kappa shape index (κ3) is 4.04. The topological polar surface area (TPSA) is 0 Å². The van der Waals surface area contributed by atoms with Gasteiger partial charge in [-0.05, 0) is 77.8 Å². The summed E-state index contributed by atoms with van der Waals surface area (Å²) in [5, 5.41) is 13.2. The highest BCUT2D eigenvalue weighted by molar-refractivity contribution is 7.33. The molecule has 0 fully saturated rings. The number of hydrogen-bond donors (Lipinski definition) is 0. The highest BCUT2D eigenvalue weighted by Crippen LogP contribution is 2.48. The minimum absolute atomic E-state index is 1.24. The molecular formula is C48H28S2. The van der Waals surface area contributed by atoms with Crippen molar-refractivity contribution < 1.29 is 0 Å². The lowest BCUT2D eigenvalue weighted by Crippen LogP contribution is -1.91. The van der Waals surface area contributed by atoms with Crippen LogP contribution in [-0.2, 0) is 0 Å². The molecule has 2 heterocycles. The zero-order valence-corrected chi connectivity index (χ0v) is 28.6. The lowest BCUT2D eigenvalue weighted by Gasteiger charge is -2.18. The van der Waals surface area contributed by atoms with Gasteiger partial charge < -0.3 is 0 Å². The summed E-state index contributed by atoms with van der Waals surface area (Å²) in [6.07, 6.45) is 0. The van der Waals surface area contributed by atoms with Crippen LogP contribution >= 0.6 is 22.7 Å². The Labute approximate surface area is 297 Å². The number of hydrogen-bond acceptors (Lipinski definition) is 2. The normalized spacial score (nSPS) is 12.0. The number of fused-ring (bicyclic) bond motifs is 11. The van der Waals surface area contributed by atoms with Crippen molar-refractivity contribution in [1.82, 2.24) is 0 Å². The first-order valence-electron chi connectivity index (χ1n) is 17.1. The predicted octanol–water partition coefficient (Wildman–Crippen LogP) is 14.9. The van der Waals surface area contributed by atoms with Gasteiger partial charge in [-0.25, -0.2) is 0 Å². The highest BCUT2D eigenvalue weighted by Gasteiger charge is 2.19. The SMILES string of the molecule is c1ccc(-c2c3ccccc3c(-c3ccc(-c4cc5sc6c(ccc7c8ccccc8sc76)c5c5ccccc45)cc3)c3ccccc23)cc1. The minimum atomic E-state index is 1.24. The first-order chi connectivity index (χ1) is 24.8. The zero-order valence-electron chi connectivity index (χ0n) is 27.0. The van der Waals surface area contributed by atoms with Gasteiger partial charge in [0.25, 0.3) is 0 Å². The van der Waals surface area contributed by atoms with E-state index in [1.807, 2.05) is 22.7 Å². The Morgan fingerprint density at radius 3 is 1.40 bits per heavy atom. The van der Waals surface area contributed by atoms with E-state index in [-0.39, 0.29) is 0 Å². The first kappa shape index (κ1) is 28.1. The van der Waals surface area contributed by atoms with E-state index in [0.717, 1.165) is 0 Å². The van der Waals surface area contributed by atoms with Gasteiger partial charge in [-0.2, -0.15) is 0 Å². The van der Waals surface area contributed by atoms with Crippen molar-refractivity contribution in [3.05, 3.63) is 170 Å². The van der Waals surface area contributed by atoms with Gasteiger partial charge in [0.05, 0.1) is 9.40 Å². The molecule has 0 spiro atoms. The molecule has 2 aromatic heterocycles. The summed E-state index contributed by atoms with van der Waals surface area (Å²) in [6, 6.07) is 62.8. The van der Waals surface area contributed by atoms with Gasteiger partial charge in [-0.15, -0.1) is 22.7 Å². The van der Waals surface area contributed by atoms with Crippen LogP contribution in [0.4, 0.5) is 0 Å². The van der Waals surface area contributed by atoms with Gasteiger partial charge in [0, 0.05) is 30.9 Å². The Morgan fingerprint density at radius 1 is 0.280 bits per heavy atom. The fraction of sp³-hybridized carbons (Fsp3) is 0. The molecule has 11 rings (SSSR count). The molecular weight excluding hydrogens is 641 g/mol. The van der Waals surface area contributed by atoms with Gasteiger partial charge in [0.2, 0.25) is 0 Å². The average Bonchev–Trinajstić information content (AvgIpc) is 3.76. The maximum Gasteiger partial charge on any atom is 0.0534 e. The van der Waals surface area contributed by atoms with Gasteiger partial charge in [-0.3, -0.25) is 0 Å². The second kappa shape index (κ2) is 10.9. The molecule has 232 valence electrons. The molecule has 0 saturated heterocycles. The van der Waals surface area contributed by atoms with Crippen LogP contribution in [-0.4, -0.2) is 0 Å². The van der Waals surface area contributed by atoms with Crippen molar-refractivity contribution >= 4 is 95.3 Å². The van der Waals surface area contributed by atoms with Crippen molar-refractivity contribution in [2.75, 3.05) is 0 Å². The summed E-state index contributed by atoms with van der Waals surface area (Å²) in [7, 11) is 0. The Hall–Kier alpha value is -5.80. The van der Waals surface area contributed by atoms with Crippen LogP contribution in [0, 0.1) is 0 Å². The summed E-state index contributed by atoms with van der Waals surface area (Å²) in [5.74, 6) is 0. The van der Waals surface area contributed by atoms with E-state index in [1.165, 1.54) is 106 Å². The first-order valence-corrected chi connectivity index (χ1v) is 18.7. The van der Waals surface area contributed by atoms with Gasteiger partial charge in [0.15, 0.2) is 0 Å². The molecule has 0 bridgehead atoms. The predicted molar refractivity (Wildman–Crippen MR) is 221 cm³/mol. The molecule has 2 heteroatoms. The smallest absolute Gasteiger partial charge is 0.0534 e. The molecule has 0 atom stereocenters. The summed E-state index contributed by atoms with van der Waals surface area (Å²) < 4.78 is 5.50. The minimum Gasteiger partial charge on any atom is -0.134 e. The van der Waals surface area contributed by atoms with Crippen LogP contribution in [0.1, 0.15) is 0 Å². The average molecular weight is 669 g/mol. The van der Waals surface area contributed by atoms with Gasteiger partial charge in [0.1, 0.15) is 0 Å². The van der Waals surface area contributed by atoms with E-state index in [4.69, 9.17) is 0 Å². The highest BCUT2D eigenvalue weighted by atomic mass is 32.1. The third-order valence-corrected chi connectivity index (χ3v) is 13.0. The molecule has 0 aliphatic heterocycles. The molecule has 0 unspecified atom stereocenters. The van der Waals surface area contributed by atoms with Crippen LogP contribution in [0.5, 0.6) is 0 Å². The Kier molecular flexibility index (Phi) is 6.09. The van der Waals surface area contributed by atoms with E-state index in [1.54, 1.807) is 0 Å². The van der Waals surface area contributed by atoms with E-state index in [2.05, 4.69) is 170 Å². The second-order valence-corrected chi connectivity index (χ2v) is 15.3. The van der Waals surface area contributed by atoms with Gasteiger partial charge >= 0.3 is 0 Å². The van der Waals surface area contributed by atoms with Crippen molar-refractivity contribution in [3.63, 3.8) is 0 Å². The molecule has 0 N–H and O–H groups in total. The summed E-state index contributed by atoms with van der Waals surface area (Å²) in [5.41, 5.74) is 7.60. The Bertz CT molecular complexity index is 3070. The van der Waals surface area contributed by atoms with Crippen LogP contribution in [0.15, 0.2) is 170 Å². The lowest BCUT2D eigenvalue weighted by molar-refractivity contribution is 1.64. The van der Waals surface area contributed by atoms with Crippen LogP contribution in [0.25, 0.3) is 106 Å². The van der Waals surface area contributed by atoms with Crippen LogP contribution < -0.4 is 0 Å². The largest absolute Gasteiger partial charge is 0.134 e. The third-order valence-electron chi connectivity index (χ3n) is 10.5. The molecule has 50 heavy (non-hydrogen) atoms. The Balaban J connectivity index is 1.12. The second-order valence-electron chi connectivity index (χ2n) is 13.1. The quantitative estimate of drug-likeness (QED) is 0.164. The molecule has 0 aliphatic carbocycles. The molecule has 0 radical (unpaired) electrons. The number of rotatable bonds is 3. The van der Waals surface area contributed by atoms with E-state index < -0.39 is 0 Å². The van der Waals surface area contributed by atoms with Crippen LogP contribution in [0.3, 0.4) is 0 Å². The molecule has 0 amide bonds. The van der Waals surface area contributed by atoms with E-state index >= 15 is 0 Å². The van der Waals surface area contributed by atoms with E-state index in [0.29, 0.717) is 0 Å². The fourth-order valence-corrected chi connectivity index (χ4v) is 10.9. The molecule has 9 aromatic carbocycles. The van der Waals surface area contributed by atoms with Crippen LogP contribution in [0.2, 0.25) is 0 Å². The lowest BCUT2D eigenvalue weighted by atomic mass is 9.85. The fourth-order valence-electron chi connectivity index (χ4n) is 8.29. The molecule has 11 aromatic rings. The number of thiophene rings is 2. The maximum absolute atomic E-state index is 2.44. The summed E-state index contributed by atoms with van der Waals surface area (Å²) >= 11 is 3.87.